The Hall–Kier alpha value is -1.18. The van der Waals surface area contributed by atoms with Gasteiger partial charge < -0.3 is 10.2 Å². The molecule has 0 radical (unpaired) electrons. The largest absolute Gasteiger partial charge is 0.508 e. The maximum Gasteiger partial charge on any atom is 0.119 e. The van der Waals surface area contributed by atoms with Crippen LogP contribution in [0.1, 0.15) is 166 Å². The van der Waals surface area contributed by atoms with Crippen molar-refractivity contribution in [3.63, 3.8) is 0 Å². The molecule has 0 spiro atoms. The van der Waals surface area contributed by atoms with E-state index in [1.54, 1.807) is 0 Å². The molecule has 0 amide bonds. The SMILES string of the molecule is CCCCCCCCCC(CC)c1cc(O)c(C(CCCC)CCCCCCC)cc1O. The molecule has 1 aromatic rings. The Morgan fingerprint density at radius 2 is 0.875 bits per heavy atom. The summed E-state index contributed by atoms with van der Waals surface area (Å²) in [6.45, 7) is 8.95. The summed E-state index contributed by atoms with van der Waals surface area (Å²) in [5.41, 5.74) is 1.93. The van der Waals surface area contributed by atoms with Gasteiger partial charge in [-0.15, -0.1) is 0 Å². The van der Waals surface area contributed by atoms with E-state index < -0.39 is 0 Å². The minimum atomic E-state index is 0.341. The van der Waals surface area contributed by atoms with Crippen LogP contribution in [0.15, 0.2) is 12.1 Å². The lowest BCUT2D eigenvalue weighted by molar-refractivity contribution is 0.421. The highest BCUT2D eigenvalue weighted by Crippen LogP contribution is 2.41. The zero-order chi connectivity index (χ0) is 23.6. The molecule has 0 saturated heterocycles. The zero-order valence-electron chi connectivity index (χ0n) is 21.9. The van der Waals surface area contributed by atoms with E-state index in [9.17, 15) is 10.2 Å². The van der Waals surface area contributed by atoms with Crippen molar-refractivity contribution in [1.29, 1.82) is 0 Å². The second-order valence-electron chi connectivity index (χ2n) is 10.0. The Morgan fingerprint density at radius 1 is 0.500 bits per heavy atom. The third-order valence-corrected chi connectivity index (χ3v) is 7.27. The van der Waals surface area contributed by atoms with Crippen molar-refractivity contribution >= 4 is 0 Å². The summed E-state index contributed by atoms with van der Waals surface area (Å²) in [4.78, 5) is 0. The number of hydrogen-bond acceptors (Lipinski definition) is 2. The molecule has 0 saturated carbocycles. The third-order valence-electron chi connectivity index (χ3n) is 7.27. The highest BCUT2D eigenvalue weighted by Gasteiger charge is 2.21. The standard InChI is InChI=1S/C30H54O2/c1-5-9-12-14-15-17-18-21-25(8-4)27-23-30(32)28(24-29(27)31)26(20-11-7-3)22-19-16-13-10-6-2/h23-26,31-32H,5-22H2,1-4H3. The highest BCUT2D eigenvalue weighted by molar-refractivity contribution is 5.48. The Bertz CT molecular complexity index is 580. The van der Waals surface area contributed by atoms with Crippen LogP contribution in [0.4, 0.5) is 0 Å². The van der Waals surface area contributed by atoms with Gasteiger partial charge in [0.2, 0.25) is 0 Å². The van der Waals surface area contributed by atoms with Gasteiger partial charge in [0.25, 0.3) is 0 Å². The fourth-order valence-corrected chi connectivity index (χ4v) is 5.09. The molecule has 0 aliphatic heterocycles. The average Bonchev–Trinajstić information content (AvgIpc) is 2.79. The second kappa shape index (κ2) is 18.3. The number of phenols is 2. The first-order chi connectivity index (χ1) is 15.6. The minimum absolute atomic E-state index is 0.341. The molecule has 2 N–H and O–H groups in total. The molecule has 0 fully saturated rings. The summed E-state index contributed by atoms with van der Waals surface area (Å²) in [5, 5.41) is 21.9. The van der Waals surface area contributed by atoms with Gasteiger partial charge in [0.15, 0.2) is 0 Å². The Labute approximate surface area is 200 Å². The molecule has 0 aliphatic rings. The van der Waals surface area contributed by atoms with Crippen LogP contribution in [-0.2, 0) is 0 Å². The van der Waals surface area contributed by atoms with Crippen LogP contribution in [0.2, 0.25) is 0 Å². The monoisotopic (exact) mass is 446 g/mol. The minimum Gasteiger partial charge on any atom is -0.508 e. The topological polar surface area (TPSA) is 40.5 Å². The maximum absolute atomic E-state index is 11.0. The van der Waals surface area contributed by atoms with Gasteiger partial charge in [0.05, 0.1) is 0 Å². The molecule has 2 atom stereocenters. The summed E-state index contributed by atoms with van der Waals surface area (Å²) < 4.78 is 0. The van der Waals surface area contributed by atoms with E-state index in [2.05, 4.69) is 27.7 Å². The second-order valence-corrected chi connectivity index (χ2v) is 10.0. The van der Waals surface area contributed by atoms with E-state index in [1.807, 2.05) is 12.1 Å². The van der Waals surface area contributed by atoms with Gasteiger partial charge in [0, 0.05) is 11.1 Å². The number of aromatic hydroxyl groups is 2. The van der Waals surface area contributed by atoms with Crippen molar-refractivity contribution in [1.82, 2.24) is 0 Å². The summed E-state index contributed by atoms with van der Waals surface area (Å²) in [5.74, 6) is 1.51. The molecular weight excluding hydrogens is 392 g/mol. The van der Waals surface area contributed by atoms with Crippen molar-refractivity contribution in [2.75, 3.05) is 0 Å². The van der Waals surface area contributed by atoms with E-state index in [0.717, 1.165) is 36.8 Å². The molecule has 1 aromatic carbocycles. The van der Waals surface area contributed by atoms with Crippen LogP contribution in [-0.4, -0.2) is 10.2 Å². The van der Waals surface area contributed by atoms with Gasteiger partial charge in [-0.1, -0.05) is 118 Å². The third kappa shape index (κ3) is 11.1. The fraction of sp³-hybridized carbons (Fsp3) is 0.800. The van der Waals surface area contributed by atoms with Crippen molar-refractivity contribution in [2.45, 2.75) is 155 Å². The Balaban J connectivity index is 2.74. The van der Waals surface area contributed by atoms with Crippen molar-refractivity contribution < 1.29 is 10.2 Å². The molecule has 1 rings (SSSR count). The Morgan fingerprint density at radius 3 is 1.34 bits per heavy atom. The lowest BCUT2D eigenvalue weighted by Crippen LogP contribution is -2.03. The van der Waals surface area contributed by atoms with Gasteiger partial charge in [-0.05, 0) is 49.7 Å². The van der Waals surface area contributed by atoms with Gasteiger partial charge in [-0.25, -0.2) is 0 Å². The van der Waals surface area contributed by atoms with Crippen LogP contribution in [0.25, 0.3) is 0 Å². The summed E-state index contributed by atoms with van der Waals surface area (Å²) in [6, 6.07) is 3.81. The first-order valence-electron chi connectivity index (χ1n) is 14.1. The molecule has 32 heavy (non-hydrogen) atoms. The van der Waals surface area contributed by atoms with Crippen LogP contribution in [0.3, 0.4) is 0 Å². The maximum atomic E-state index is 11.0. The van der Waals surface area contributed by atoms with Crippen molar-refractivity contribution in [2.24, 2.45) is 0 Å². The van der Waals surface area contributed by atoms with Gasteiger partial charge >= 0.3 is 0 Å². The van der Waals surface area contributed by atoms with E-state index >= 15 is 0 Å². The van der Waals surface area contributed by atoms with Crippen LogP contribution < -0.4 is 0 Å². The number of hydrogen-bond donors (Lipinski definition) is 2. The van der Waals surface area contributed by atoms with Crippen LogP contribution >= 0.6 is 0 Å². The van der Waals surface area contributed by atoms with Crippen molar-refractivity contribution in [3.8, 4) is 11.5 Å². The number of unbranched alkanes of at least 4 members (excludes halogenated alkanes) is 11. The number of benzene rings is 1. The van der Waals surface area contributed by atoms with E-state index in [0.29, 0.717) is 23.3 Å². The average molecular weight is 447 g/mol. The van der Waals surface area contributed by atoms with Crippen molar-refractivity contribution in [3.05, 3.63) is 23.3 Å². The molecule has 2 nitrogen and oxygen atoms in total. The molecule has 0 heterocycles. The van der Waals surface area contributed by atoms with Crippen LogP contribution in [0, 0.1) is 0 Å². The smallest absolute Gasteiger partial charge is 0.119 e. The molecule has 0 bridgehead atoms. The molecule has 0 aliphatic carbocycles. The summed E-state index contributed by atoms with van der Waals surface area (Å²) >= 11 is 0. The predicted molar refractivity (Wildman–Crippen MR) is 141 cm³/mol. The zero-order valence-corrected chi connectivity index (χ0v) is 21.9. The van der Waals surface area contributed by atoms with Gasteiger partial charge in [0.1, 0.15) is 11.5 Å². The summed E-state index contributed by atoms with van der Waals surface area (Å²) in [6.07, 6.45) is 22.3. The predicted octanol–water partition coefficient (Wildman–Crippen LogP) is 10.4. The quantitative estimate of drug-likeness (QED) is 0.154. The van der Waals surface area contributed by atoms with Gasteiger partial charge in [-0.2, -0.15) is 0 Å². The molecule has 0 aromatic heterocycles. The first-order valence-corrected chi connectivity index (χ1v) is 14.1. The van der Waals surface area contributed by atoms with Crippen LogP contribution in [0.5, 0.6) is 11.5 Å². The molecule has 2 heteroatoms. The van der Waals surface area contributed by atoms with E-state index in [-0.39, 0.29) is 0 Å². The first kappa shape index (κ1) is 28.9. The summed E-state index contributed by atoms with van der Waals surface area (Å²) in [7, 11) is 0. The highest BCUT2D eigenvalue weighted by atomic mass is 16.3. The van der Waals surface area contributed by atoms with E-state index in [1.165, 1.54) is 89.9 Å². The Kier molecular flexibility index (Phi) is 16.5. The van der Waals surface area contributed by atoms with E-state index in [4.69, 9.17) is 0 Å². The lowest BCUT2D eigenvalue weighted by atomic mass is 9.84. The normalized spacial score (nSPS) is 13.4. The number of rotatable bonds is 20. The molecular formula is C30H54O2. The van der Waals surface area contributed by atoms with Gasteiger partial charge in [-0.3, -0.25) is 0 Å². The molecule has 2 unspecified atom stereocenters. The number of phenolic OH excluding ortho intramolecular Hbond substituents is 2. The molecule has 186 valence electrons. The lowest BCUT2D eigenvalue weighted by Gasteiger charge is -2.22. The fourth-order valence-electron chi connectivity index (χ4n) is 5.09.